The minimum atomic E-state index is -1.09. The molecule has 0 aliphatic heterocycles. The van der Waals surface area contributed by atoms with Gasteiger partial charge in [0.05, 0.1) is 25.2 Å². The summed E-state index contributed by atoms with van der Waals surface area (Å²) in [5.74, 6) is -0.620. The van der Waals surface area contributed by atoms with E-state index in [2.05, 4.69) is 16.0 Å². The van der Waals surface area contributed by atoms with Crippen molar-refractivity contribution in [1.82, 2.24) is 20.5 Å². The monoisotopic (exact) mass is 634 g/mol. The Bertz CT molecular complexity index is 1670. The predicted octanol–water partition coefficient (Wildman–Crippen LogP) is 3.75. The van der Waals surface area contributed by atoms with Gasteiger partial charge in [0.25, 0.3) is 5.91 Å². The number of rotatable bonds is 12. The first-order chi connectivity index (χ1) is 21.6. The number of methoxy groups -OCH3 is 1. The third-order valence-electron chi connectivity index (χ3n) is 7.16. The molecule has 3 amide bonds. The number of ether oxygens (including phenoxy) is 2. The van der Waals surface area contributed by atoms with Crippen LogP contribution in [0.1, 0.15) is 34.1 Å². The summed E-state index contributed by atoms with van der Waals surface area (Å²) >= 11 is 6.00. The van der Waals surface area contributed by atoms with Gasteiger partial charge in [-0.1, -0.05) is 41.9 Å². The van der Waals surface area contributed by atoms with Gasteiger partial charge in [0.2, 0.25) is 11.8 Å². The summed E-state index contributed by atoms with van der Waals surface area (Å²) < 4.78 is 12.0. The molecule has 0 aliphatic carbocycles. The average molecular weight is 635 g/mol. The molecule has 0 radical (unpaired) electrons. The largest absolute Gasteiger partial charge is 0.497 e. The van der Waals surface area contributed by atoms with Gasteiger partial charge in [-0.25, -0.2) is 4.79 Å². The van der Waals surface area contributed by atoms with E-state index in [4.69, 9.17) is 21.1 Å². The number of alkyl carbamates (subject to hydrolysis) is 1. The van der Waals surface area contributed by atoms with Gasteiger partial charge in [-0.15, -0.1) is 0 Å². The fraction of sp³-hybridized carbons (Fsp3) is 0.273. The Labute approximate surface area is 265 Å². The molecule has 1 unspecified atom stereocenters. The van der Waals surface area contributed by atoms with Crippen LogP contribution in [0.4, 0.5) is 4.79 Å². The van der Waals surface area contributed by atoms with Gasteiger partial charge in [0.1, 0.15) is 18.4 Å². The zero-order valence-electron chi connectivity index (χ0n) is 25.1. The normalized spacial score (nSPS) is 12.2. The number of amides is 3. The van der Waals surface area contributed by atoms with E-state index in [0.717, 1.165) is 5.56 Å². The molecule has 0 spiro atoms. The maximum atomic E-state index is 13.5. The molecule has 236 valence electrons. The van der Waals surface area contributed by atoms with Crippen molar-refractivity contribution in [2.24, 2.45) is 0 Å². The number of aliphatic hydroxyl groups is 1. The molecule has 4 N–H and O–H groups in total. The maximum absolute atomic E-state index is 13.5. The second-order valence-corrected chi connectivity index (χ2v) is 10.8. The SMILES string of the molecule is COc1ccc2c(c1)c(CC(=O)NCC(O)CNC(=O)[C@H](C)NC(=O)OCc1ccccc1)c(C)n2C(=O)c1ccc(Cl)cc1. The van der Waals surface area contributed by atoms with Gasteiger partial charge in [-0.2, -0.15) is 0 Å². The lowest BCUT2D eigenvalue weighted by Crippen LogP contribution is -2.48. The summed E-state index contributed by atoms with van der Waals surface area (Å²) in [6, 6.07) is 20.0. The van der Waals surface area contributed by atoms with E-state index in [0.29, 0.717) is 38.5 Å². The number of hydrogen-bond donors (Lipinski definition) is 4. The first-order valence-corrected chi connectivity index (χ1v) is 14.6. The smallest absolute Gasteiger partial charge is 0.408 e. The molecule has 1 aromatic heterocycles. The van der Waals surface area contributed by atoms with Crippen LogP contribution in [0.25, 0.3) is 10.9 Å². The topological polar surface area (TPSA) is 148 Å². The molecule has 4 rings (SSSR count). The van der Waals surface area contributed by atoms with Gasteiger partial charge in [0.15, 0.2) is 0 Å². The van der Waals surface area contributed by atoms with Crippen molar-refractivity contribution >= 4 is 46.3 Å². The highest BCUT2D eigenvalue weighted by molar-refractivity contribution is 6.30. The van der Waals surface area contributed by atoms with Crippen molar-refractivity contribution in [3.8, 4) is 5.75 Å². The first kappa shape index (κ1) is 33.0. The molecule has 11 nitrogen and oxygen atoms in total. The van der Waals surface area contributed by atoms with E-state index in [1.165, 1.54) is 14.0 Å². The minimum absolute atomic E-state index is 0.0612. The van der Waals surface area contributed by atoms with Gasteiger partial charge in [-0.3, -0.25) is 19.0 Å². The molecule has 3 aromatic carbocycles. The van der Waals surface area contributed by atoms with Gasteiger partial charge in [0, 0.05) is 34.8 Å². The van der Waals surface area contributed by atoms with Crippen molar-refractivity contribution in [2.75, 3.05) is 20.2 Å². The van der Waals surface area contributed by atoms with Crippen LogP contribution in [-0.2, 0) is 27.4 Å². The second-order valence-electron chi connectivity index (χ2n) is 10.4. The number of nitrogens with one attached hydrogen (secondary N) is 3. The van der Waals surface area contributed by atoms with Crippen molar-refractivity contribution < 1.29 is 33.8 Å². The van der Waals surface area contributed by atoms with Crippen LogP contribution in [0.3, 0.4) is 0 Å². The van der Waals surface area contributed by atoms with Crippen LogP contribution >= 0.6 is 11.6 Å². The highest BCUT2D eigenvalue weighted by Crippen LogP contribution is 2.31. The van der Waals surface area contributed by atoms with Crippen molar-refractivity contribution in [3.05, 3.63) is 100 Å². The Morgan fingerprint density at radius 3 is 2.33 bits per heavy atom. The Kier molecular flexibility index (Phi) is 11.2. The number of carbonyl (C=O) groups is 4. The van der Waals surface area contributed by atoms with E-state index in [1.54, 1.807) is 54.0 Å². The fourth-order valence-corrected chi connectivity index (χ4v) is 4.83. The van der Waals surface area contributed by atoms with E-state index < -0.39 is 24.1 Å². The minimum Gasteiger partial charge on any atom is -0.497 e. The zero-order valence-corrected chi connectivity index (χ0v) is 25.9. The lowest BCUT2D eigenvalue weighted by atomic mass is 10.1. The molecule has 0 saturated carbocycles. The van der Waals surface area contributed by atoms with Crippen molar-refractivity contribution in [3.63, 3.8) is 0 Å². The second kappa shape index (κ2) is 15.2. The number of aromatic nitrogens is 1. The average Bonchev–Trinajstić information content (AvgIpc) is 3.31. The summed E-state index contributed by atoms with van der Waals surface area (Å²) in [4.78, 5) is 50.9. The lowest BCUT2D eigenvalue weighted by molar-refractivity contribution is -0.123. The number of aliphatic hydroxyl groups excluding tert-OH is 1. The number of carbonyl (C=O) groups excluding carboxylic acids is 4. The molecule has 2 atom stereocenters. The molecule has 1 heterocycles. The third-order valence-corrected chi connectivity index (χ3v) is 7.41. The Morgan fingerprint density at radius 1 is 0.956 bits per heavy atom. The molecular weight excluding hydrogens is 600 g/mol. The lowest BCUT2D eigenvalue weighted by Gasteiger charge is -2.17. The van der Waals surface area contributed by atoms with Crippen LogP contribution in [0.5, 0.6) is 5.75 Å². The van der Waals surface area contributed by atoms with Gasteiger partial charge < -0.3 is 30.5 Å². The van der Waals surface area contributed by atoms with E-state index >= 15 is 0 Å². The van der Waals surface area contributed by atoms with Crippen molar-refractivity contribution in [2.45, 2.75) is 39.0 Å². The summed E-state index contributed by atoms with van der Waals surface area (Å²) in [7, 11) is 1.53. The van der Waals surface area contributed by atoms with Gasteiger partial charge in [-0.05, 0) is 67.4 Å². The molecule has 45 heavy (non-hydrogen) atoms. The number of hydrogen-bond acceptors (Lipinski definition) is 7. The predicted molar refractivity (Wildman–Crippen MR) is 169 cm³/mol. The molecule has 4 aromatic rings. The van der Waals surface area contributed by atoms with Gasteiger partial charge >= 0.3 is 6.09 Å². The highest BCUT2D eigenvalue weighted by atomic mass is 35.5. The fourth-order valence-electron chi connectivity index (χ4n) is 4.70. The molecule has 0 saturated heterocycles. The van der Waals surface area contributed by atoms with Crippen LogP contribution < -0.4 is 20.7 Å². The number of benzene rings is 3. The molecular formula is C33H35ClN4O7. The first-order valence-electron chi connectivity index (χ1n) is 14.2. The Morgan fingerprint density at radius 2 is 1.64 bits per heavy atom. The molecule has 12 heteroatoms. The number of nitrogens with zero attached hydrogens (tertiary/aromatic N) is 1. The third kappa shape index (κ3) is 8.62. The summed E-state index contributed by atoms with van der Waals surface area (Å²) in [6.45, 7) is 3.02. The Balaban J connectivity index is 1.32. The van der Waals surface area contributed by atoms with Crippen LogP contribution in [-0.4, -0.2) is 65.8 Å². The van der Waals surface area contributed by atoms with E-state index in [-0.39, 0.29) is 37.9 Å². The van der Waals surface area contributed by atoms with E-state index in [1.807, 2.05) is 30.3 Å². The Hall–Kier alpha value is -4.87. The summed E-state index contributed by atoms with van der Waals surface area (Å²) in [5, 5.41) is 19.2. The van der Waals surface area contributed by atoms with Crippen molar-refractivity contribution in [1.29, 1.82) is 0 Å². The quantitative estimate of drug-likeness (QED) is 0.186. The van der Waals surface area contributed by atoms with Crippen LogP contribution in [0.15, 0.2) is 72.8 Å². The summed E-state index contributed by atoms with van der Waals surface area (Å²) in [6.07, 6.45) is -1.91. The molecule has 0 bridgehead atoms. The maximum Gasteiger partial charge on any atom is 0.408 e. The number of fused-ring (bicyclic) bond motifs is 1. The van der Waals surface area contributed by atoms with Crippen LogP contribution in [0.2, 0.25) is 5.02 Å². The standard InChI is InChI=1S/C33H35ClN4O7/c1-20(37-33(43)45-19-22-7-5-4-6-8-22)31(41)36-18-25(39)17-35-30(40)16-27-21(2)38(29-14-13-26(44-3)15-28(27)29)32(42)23-9-11-24(34)12-10-23/h4-15,20,25,39H,16-19H2,1-3H3,(H,35,40)(H,36,41)(H,37,43)/t20-,25?/m0/s1. The highest BCUT2D eigenvalue weighted by Gasteiger charge is 2.23. The molecule has 0 aliphatic rings. The molecule has 0 fully saturated rings. The van der Waals surface area contributed by atoms with Crippen LogP contribution in [0, 0.1) is 6.92 Å². The van der Waals surface area contributed by atoms with E-state index in [9.17, 15) is 24.3 Å². The number of halogens is 1. The summed E-state index contributed by atoms with van der Waals surface area (Å²) in [5.41, 5.74) is 3.08. The zero-order chi connectivity index (χ0) is 32.5.